The summed E-state index contributed by atoms with van der Waals surface area (Å²) in [7, 11) is -3.69. The Balaban J connectivity index is 1.35. The number of nitrogens with one attached hydrogen (secondary N) is 2. The molecule has 0 radical (unpaired) electrons. The van der Waals surface area contributed by atoms with Crippen LogP contribution < -0.4 is 10.1 Å². The molecule has 0 atom stereocenters. The lowest BCUT2D eigenvalue weighted by Gasteiger charge is -2.56. The first-order chi connectivity index (χ1) is 12.9. The normalized spacial score (nSPS) is 32.5. The van der Waals surface area contributed by atoms with Crippen molar-refractivity contribution in [2.24, 2.45) is 28.3 Å². The van der Waals surface area contributed by atoms with Gasteiger partial charge in [0.1, 0.15) is 0 Å². The van der Waals surface area contributed by atoms with Crippen LogP contribution in [0.4, 0.5) is 0 Å². The predicted octanol–water partition coefficient (Wildman–Crippen LogP) is 2.67. The van der Waals surface area contributed by atoms with E-state index in [1.54, 1.807) is 18.2 Å². The number of amides is 1. The van der Waals surface area contributed by atoms with Crippen LogP contribution in [0, 0.1) is 23.2 Å². The van der Waals surface area contributed by atoms with Crippen LogP contribution in [0.2, 0.25) is 0 Å². The maximum atomic E-state index is 12.2. The molecule has 0 heterocycles. The van der Waals surface area contributed by atoms with Gasteiger partial charge in [0.15, 0.2) is 0 Å². The first-order valence-electron chi connectivity index (χ1n) is 9.75. The minimum atomic E-state index is -3.69. The number of carbonyl (C=O) groups is 1. The predicted molar refractivity (Wildman–Crippen MR) is 103 cm³/mol. The molecule has 6 nitrogen and oxygen atoms in total. The lowest BCUT2D eigenvalue weighted by atomic mass is 9.48. The molecule has 1 amide bonds. The quantitative estimate of drug-likeness (QED) is 0.579. The van der Waals surface area contributed by atoms with Gasteiger partial charge in [0.2, 0.25) is 10.0 Å². The highest BCUT2D eigenvalue weighted by Crippen LogP contribution is 2.60. The Hall–Kier alpha value is -1.73. The van der Waals surface area contributed by atoms with Crippen molar-refractivity contribution in [3.05, 3.63) is 30.3 Å². The fraction of sp³-hybridized carbons (Fsp3) is 0.600. The number of carbonyl (C=O) groups excluding carboxylic acids is 1. The molecule has 1 aromatic carbocycles. The van der Waals surface area contributed by atoms with Gasteiger partial charge < -0.3 is 0 Å². The maximum Gasteiger partial charge on any atom is 0.255 e. The monoisotopic (exact) mass is 389 g/mol. The van der Waals surface area contributed by atoms with E-state index in [0.29, 0.717) is 0 Å². The number of hydrogen-bond acceptors (Lipinski definition) is 4. The van der Waals surface area contributed by atoms with Crippen molar-refractivity contribution in [3.63, 3.8) is 0 Å². The van der Waals surface area contributed by atoms with Crippen LogP contribution in [-0.2, 0) is 14.8 Å². The van der Waals surface area contributed by atoms with Gasteiger partial charge in [-0.3, -0.25) is 4.79 Å². The molecular formula is C20H27N3O3S. The van der Waals surface area contributed by atoms with E-state index in [2.05, 4.69) is 15.2 Å². The van der Waals surface area contributed by atoms with Crippen molar-refractivity contribution in [1.29, 1.82) is 0 Å². The third-order valence-electron chi connectivity index (χ3n) is 6.63. The zero-order valence-corrected chi connectivity index (χ0v) is 16.5. The van der Waals surface area contributed by atoms with Gasteiger partial charge in [-0.15, -0.1) is 0 Å². The smallest absolute Gasteiger partial charge is 0.255 e. The van der Waals surface area contributed by atoms with Gasteiger partial charge in [-0.1, -0.05) is 18.2 Å². The summed E-state index contributed by atoms with van der Waals surface area (Å²) in [6, 6.07) is 8.03. The Morgan fingerprint density at radius 2 is 1.63 bits per heavy atom. The number of hydrogen-bond donors (Lipinski definition) is 2. The summed E-state index contributed by atoms with van der Waals surface area (Å²) in [6.45, 7) is 1.69. The molecule has 0 saturated heterocycles. The van der Waals surface area contributed by atoms with Crippen molar-refractivity contribution in [3.8, 4) is 0 Å². The molecule has 4 aliphatic rings. The van der Waals surface area contributed by atoms with E-state index in [1.807, 2.05) is 6.92 Å². The topological polar surface area (TPSA) is 87.6 Å². The van der Waals surface area contributed by atoms with Gasteiger partial charge in [-0.2, -0.15) is 5.10 Å². The third kappa shape index (κ3) is 3.80. The summed E-state index contributed by atoms with van der Waals surface area (Å²) >= 11 is 0. The number of benzene rings is 1. The van der Waals surface area contributed by atoms with Crippen LogP contribution in [0.5, 0.6) is 0 Å². The maximum absolute atomic E-state index is 12.2. The molecule has 4 aliphatic carbocycles. The fourth-order valence-corrected chi connectivity index (χ4v) is 6.70. The molecule has 4 saturated carbocycles. The minimum absolute atomic E-state index is 0.144. The highest BCUT2D eigenvalue weighted by atomic mass is 32.2. The summed E-state index contributed by atoms with van der Waals surface area (Å²) in [4.78, 5) is 12.3. The Morgan fingerprint density at radius 3 is 2.19 bits per heavy atom. The molecule has 0 spiro atoms. The van der Waals surface area contributed by atoms with E-state index < -0.39 is 15.9 Å². The Kier molecular flexibility index (Phi) is 4.84. The minimum Gasteiger partial charge on any atom is -0.272 e. The van der Waals surface area contributed by atoms with Gasteiger partial charge in [-0.05, 0) is 75.3 Å². The van der Waals surface area contributed by atoms with Crippen LogP contribution in [0.25, 0.3) is 0 Å². The SMILES string of the molecule is C/C(=N/NC(=O)CNS(=O)(=O)c1ccccc1)C12CC3CC(CC(C3)C1)C2. The van der Waals surface area contributed by atoms with Crippen LogP contribution in [0.3, 0.4) is 0 Å². The number of hydrazone groups is 1. The van der Waals surface area contributed by atoms with E-state index >= 15 is 0 Å². The summed E-state index contributed by atoms with van der Waals surface area (Å²) in [6.07, 6.45) is 7.64. The first-order valence-corrected chi connectivity index (χ1v) is 11.2. The summed E-state index contributed by atoms with van der Waals surface area (Å²) in [5, 5.41) is 4.37. The van der Waals surface area contributed by atoms with E-state index in [1.165, 1.54) is 50.7 Å². The summed E-state index contributed by atoms with van der Waals surface area (Å²) < 4.78 is 26.7. The second-order valence-corrected chi connectivity index (χ2v) is 10.3. The number of rotatable bonds is 6. The standard InChI is InChI=1S/C20H27N3O3S/c1-14(20-10-15-7-16(11-20)9-17(8-15)12-20)22-23-19(24)13-21-27(25,26)18-5-3-2-4-6-18/h2-6,15-17,21H,7-13H2,1H3,(H,23,24)/b22-14-. The van der Waals surface area contributed by atoms with Crippen molar-refractivity contribution in [2.75, 3.05) is 6.54 Å². The van der Waals surface area contributed by atoms with Crippen molar-refractivity contribution >= 4 is 21.6 Å². The van der Waals surface area contributed by atoms with E-state index in [4.69, 9.17) is 0 Å². The molecule has 4 bridgehead atoms. The second-order valence-electron chi connectivity index (χ2n) is 8.57. The van der Waals surface area contributed by atoms with Gasteiger partial charge in [0.05, 0.1) is 11.4 Å². The Labute approximate surface area is 160 Å². The molecule has 5 rings (SSSR count). The molecule has 27 heavy (non-hydrogen) atoms. The molecule has 0 aromatic heterocycles. The van der Waals surface area contributed by atoms with Gasteiger partial charge in [0.25, 0.3) is 5.91 Å². The van der Waals surface area contributed by atoms with Crippen molar-refractivity contribution in [2.45, 2.75) is 50.3 Å². The van der Waals surface area contributed by atoms with Crippen LogP contribution in [0.1, 0.15) is 45.4 Å². The lowest BCUT2D eigenvalue weighted by molar-refractivity contribution is -0.119. The summed E-state index contributed by atoms with van der Waals surface area (Å²) in [5.74, 6) is 2.00. The Bertz CT molecular complexity index is 813. The van der Waals surface area contributed by atoms with Crippen molar-refractivity contribution < 1.29 is 13.2 Å². The zero-order valence-electron chi connectivity index (χ0n) is 15.6. The zero-order chi connectivity index (χ0) is 19.1. The highest BCUT2D eigenvalue weighted by Gasteiger charge is 2.52. The highest BCUT2D eigenvalue weighted by molar-refractivity contribution is 7.89. The lowest BCUT2D eigenvalue weighted by Crippen LogP contribution is -2.49. The van der Waals surface area contributed by atoms with Crippen LogP contribution in [-0.4, -0.2) is 26.6 Å². The Morgan fingerprint density at radius 1 is 1.07 bits per heavy atom. The van der Waals surface area contributed by atoms with E-state index in [9.17, 15) is 13.2 Å². The molecule has 2 N–H and O–H groups in total. The van der Waals surface area contributed by atoms with Gasteiger partial charge in [0, 0.05) is 11.1 Å². The average molecular weight is 390 g/mol. The van der Waals surface area contributed by atoms with Crippen LogP contribution in [0.15, 0.2) is 40.3 Å². The molecule has 7 heteroatoms. The van der Waals surface area contributed by atoms with Crippen molar-refractivity contribution in [1.82, 2.24) is 10.1 Å². The largest absolute Gasteiger partial charge is 0.272 e. The van der Waals surface area contributed by atoms with E-state index in [0.717, 1.165) is 23.5 Å². The van der Waals surface area contributed by atoms with Gasteiger partial charge >= 0.3 is 0 Å². The number of nitrogens with zero attached hydrogens (tertiary/aromatic N) is 1. The fourth-order valence-electron chi connectivity index (χ4n) is 5.70. The molecular weight excluding hydrogens is 362 g/mol. The molecule has 1 aromatic rings. The molecule has 4 fully saturated rings. The van der Waals surface area contributed by atoms with Gasteiger partial charge in [-0.25, -0.2) is 18.6 Å². The molecule has 146 valence electrons. The number of sulfonamides is 1. The third-order valence-corrected chi connectivity index (χ3v) is 8.05. The average Bonchev–Trinajstić information content (AvgIpc) is 2.64. The summed E-state index contributed by atoms with van der Waals surface area (Å²) in [5.41, 5.74) is 3.70. The first kappa shape index (κ1) is 18.6. The van der Waals surface area contributed by atoms with Crippen LogP contribution >= 0.6 is 0 Å². The van der Waals surface area contributed by atoms with E-state index in [-0.39, 0.29) is 16.9 Å². The second kappa shape index (κ2) is 7.02. The molecule has 0 unspecified atom stereocenters. The molecule has 0 aliphatic heterocycles.